The molecule has 172 valence electrons. The summed E-state index contributed by atoms with van der Waals surface area (Å²) < 4.78 is 11.8. The summed E-state index contributed by atoms with van der Waals surface area (Å²) in [6.07, 6.45) is 3.12. The van der Waals surface area contributed by atoms with Crippen molar-refractivity contribution in [1.82, 2.24) is 0 Å². The maximum atomic E-state index is 11.7. The number of aliphatic carboxylic acids is 1. The SMILES string of the molecule is O=C(O)C1(Oc2ccc(Cc3cc(C4CC(O)CC(CO)O4)ccc3Cl)cc2)CCCC1. The molecule has 4 rings (SSSR count). The van der Waals surface area contributed by atoms with Gasteiger partial charge in [0.1, 0.15) is 5.75 Å². The lowest BCUT2D eigenvalue weighted by Gasteiger charge is -2.32. The van der Waals surface area contributed by atoms with Crippen molar-refractivity contribution in [3.8, 4) is 5.75 Å². The Bertz CT molecular complexity index is 938. The van der Waals surface area contributed by atoms with Gasteiger partial charge in [0.05, 0.1) is 24.9 Å². The van der Waals surface area contributed by atoms with Crippen molar-refractivity contribution >= 4 is 17.6 Å². The highest BCUT2D eigenvalue weighted by Gasteiger charge is 2.43. The number of carboxylic acid groups (broad SMARTS) is 1. The van der Waals surface area contributed by atoms with Crippen molar-refractivity contribution in [2.75, 3.05) is 6.61 Å². The molecule has 6 nitrogen and oxygen atoms in total. The van der Waals surface area contributed by atoms with Crippen LogP contribution in [0.2, 0.25) is 5.02 Å². The summed E-state index contributed by atoms with van der Waals surface area (Å²) in [6, 6.07) is 13.2. The van der Waals surface area contributed by atoms with E-state index in [1.807, 2.05) is 42.5 Å². The van der Waals surface area contributed by atoms with Crippen LogP contribution in [0.25, 0.3) is 0 Å². The highest BCUT2D eigenvalue weighted by molar-refractivity contribution is 6.31. The number of rotatable bonds is 7. The molecule has 0 spiro atoms. The molecule has 1 aliphatic carbocycles. The Labute approximate surface area is 192 Å². The molecule has 7 heteroatoms. The van der Waals surface area contributed by atoms with Gasteiger partial charge in [0.2, 0.25) is 5.60 Å². The number of carbonyl (C=O) groups is 1. The Morgan fingerprint density at radius 2 is 1.84 bits per heavy atom. The predicted octanol–water partition coefficient (Wildman–Crippen LogP) is 4.28. The molecule has 0 amide bonds. The van der Waals surface area contributed by atoms with Crippen molar-refractivity contribution in [1.29, 1.82) is 0 Å². The molecule has 3 atom stereocenters. The first kappa shape index (κ1) is 23.1. The second-order valence-electron chi connectivity index (χ2n) is 8.83. The van der Waals surface area contributed by atoms with Crippen molar-refractivity contribution in [2.24, 2.45) is 0 Å². The fourth-order valence-electron chi connectivity index (χ4n) is 4.68. The van der Waals surface area contributed by atoms with Crippen LogP contribution in [0.4, 0.5) is 0 Å². The average molecular weight is 461 g/mol. The molecule has 2 aromatic rings. The summed E-state index contributed by atoms with van der Waals surface area (Å²) in [5.74, 6) is -0.348. The fourth-order valence-corrected chi connectivity index (χ4v) is 4.86. The van der Waals surface area contributed by atoms with Crippen LogP contribution in [0.3, 0.4) is 0 Å². The monoisotopic (exact) mass is 460 g/mol. The predicted molar refractivity (Wildman–Crippen MR) is 120 cm³/mol. The quantitative estimate of drug-likeness (QED) is 0.570. The minimum Gasteiger partial charge on any atom is -0.478 e. The third-order valence-electron chi connectivity index (χ3n) is 6.46. The largest absolute Gasteiger partial charge is 0.478 e. The zero-order valence-corrected chi connectivity index (χ0v) is 18.6. The summed E-state index contributed by atoms with van der Waals surface area (Å²) >= 11 is 6.45. The van der Waals surface area contributed by atoms with Gasteiger partial charge in [-0.25, -0.2) is 4.79 Å². The number of carboxylic acids is 1. The molecule has 0 bridgehead atoms. The number of ether oxygens (including phenoxy) is 2. The molecule has 2 aromatic carbocycles. The normalized spacial score (nSPS) is 24.9. The van der Waals surface area contributed by atoms with E-state index in [0.29, 0.717) is 42.9 Å². The maximum Gasteiger partial charge on any atom is 0.348 e. The van der Waals surface area contributed by atoms with Crippen LogP contribution >= 0.6 is 11.6 Å². The van der Waals surface area contributed by atoms with Gasteiger partial charge in [0, 0.05) is 17.9 Å². The minimum atomic E-state index is -1.11. The van der Waals surface area contributed by atoms with E-state index in [1.165, 1.54) is 0 Å². The van der Waals surface area contributed by atoms with Crippen molar-refractivity contribution in [3.63, 3.8) is 0 Å². The Morgan fingerprint density at radius 3 is 2.50 bits per heavy atom. The summed E-state index contributed by atoms with van der Waals surface area (Å²) in [7, 11) is 0. The zero-order valence-electron chi connectivity index (χ0n) is 17.9. The first-order chi connectivity index (χ1) is 15.4. The van der Waals surface area contributed by atoms with Crippen LogP contribution in [0.15, 0.2) is 42.5 Å². The van der Waals surface area contributed by atoms with E-state index in [4.69, 9.17) is 21.1 Å². The van der Waals surface area contributed by atoms with Crippen LogP contribution in [-0.2, 0) is 16.0 Å². The van der Waals surface area contributed by atoms with Crippen LogP contribution in [-0.4, -0.2) is 45.7 Å². The molecule has 1 aliphatic heterocycles. The summed E-state index contributed by atoms with van der Waals surface area (Å²) in [4.78, 5) is 11.7. The van der Waals surface area contributed by atoms with Gasteiger partial charge < -0.3 is 24.8 Å². The van der Waals surface area contributed by atoms with E-state index in [1.54, 1.807) is 0 Å². The molecule has 1 heterocycles. The fraction of sp³-hybridized carbons (Fsp3) is 0.480. The Morgan fingerprint density at radius 1 is 1.12 bits per heavy atom. The van der Waals surface area contributed by atoms with Crippen molar-refractivity contribution in [3.05, 3.63) is 64.2 Å². The lowest BCUT2D eigenvalue weighted by atomic mass is 9.94. The number of hydrogen-bond acceptors (Lipinski definition) is 5. The van der Waals surface area contributed by atoms with Crippen molar-refractivity contribution in [2.45, 2.75) is 68.9 Å². The van der Waals surface area contributed by atoms with E-state index in [2.05, 4.69) is 0 Å². The number of aliphatic hydroxyl groups excluding tert-OH is 2. The maximum absolute atomic E-state index is 11.7. The van der Waals surface area contributed by atoms with E-state index in [0.717, 1.165) is 29.5 Å². The molecule has 32 heavy (non-hydrogen) atoms. The topological polar surface area (TPSA) is 96.2 Å². The summed E-state index contributed by atoms with van der Waals surface area (Å²) in [5.41, 5.74) is 1.76. The molecule has 0 radical (unpaired) electrons. The van der Waals surface area contributed by atoms with Gasteiger partial charge in [0.15, 0.2) is 0 Å². The lowest BCUT2D eigenvalue weighted by Crippen LogP contribution is -2.41. The van der Waals surface area contributed by atoms with Gasteiger partial charge in [-0.2, -0.15) is 0 Å². The first-order valence-electron chi connectivity index (χ1n) is 11.1. The second kappa shape index (κ2) is 9.79. The van der Waals surface area contributed by atoms with Gasteiger partial charge in [0.25, 0.3) is 0 Å². The van der Waals surface area contributed by atoms with Gasteiger partial charge in [-0.3, -0.25) is 0 Å². The Balaban J connectivity index is 1.47. The summed E-state index contributed by atoms with van der Waals surface area (Å²) in [5, 5.41) is 29.8. The molecule has 1 saturated heterocycles. The number of benzene rings is 2. The van der Waals surface area contributed by atoms with Gasteiger partial charge in [-0.1, -0.05) is 35.9 Å². The molecule has 0 aromatic heterocycles. The minimum absolute atomic E-state index is 0.119. The van der Waals surface area contributed by atoms with Gasteiger partial charge in [-0.15, -0.1) is 0 Å². The Kier molecular flexibility index (Phi) is 7.05. The van der Waals surface area contributed by atoms with E-state index in [-0.39, 0.29) is 18.8 Å². The number of halogens is 1. The zero-order chi connectivity index (χ0) is 22.7. The van der Waals surface area contributed by atoms with Crippen molar-refractivity contribution < 1.29 is 29.6 Å². The molecule has 3 N–H and O–H groups in total. The lowest BCUT2D eigenvalue weighted by molar-refractivity contribution is -0.154. The summed E-state index contributed by atoms with van der Waals surface area (Å²) in [6.45, 7) is -0.119. The van der Waals surface area contributed by atoms with E-state index >= 15 is 0 Å². The van der Waals surface area contributed by atoms with Gasteiger partial charge in [-0.05, 0) is 67.0 Å². The first-order valence-corrected chi connectivity index (χ1v) is 11.5. The van der Waals surface area contributed by atoms with E-state index < -0.39 is 17.7 Å². The standard InChI is InChI=1S/C25H29ClO6/c26-22-8-5-17(23-14-19(28)13-21(15-27)31-23)12-18(22)11-16-3-6-20(7-4-16)32-25(24(29)30)9-1-2-10-25/h3-8,12,19,21,23,27-28H,1-2,9-11,13-15H2,(H,29,30). The molecular formula is C25H29ClO6. The second-order valence-corrected chi connectivity index (χ2v) is 9.24. The third-order valence-corrected chi connectivity index (χ3v) is 6.82. The third kappa shape index (κ3) is 5.09. The van der Waals surface area contributed by atoms with Crippen LogP contribution in [0, 0.1) is 0 Å². The van der Waals surface area contributed by atoms with E-state index in [9.17, 15) is 20.1 Å². The smallest absolute Gasteiger partial charge is 0.348 e. The average Bonchev–Trinajstić information content (AvgIpc) is 3.26. The van der Waals surface area contributed by atoms with Crippen LogP contribution in [0.5, 0.6) is 5.75 Å². The Hall–Kier alpha value is -2.12. The highest BCUT2D eigenvalue weighted by Crippen LogP contribution is 2.36. The molecule has 3 unspecified atom stereocenters. The number of aliphatic hydroxyl groups is 2. The molecule has 1 saturated carbocycles. The highest BCUT2D eigenvalue weighted by atomic mass is 35.5. The number of hydrogen-bond donors (Lipinski definition) is 3. The molecule has 2 aliphatic rings. The molecule has 2 fully saturated rings. The van der Waals surface area contributed by atoms with Crippen LogP contribution < -0.4 is 4.74 Å². The molecular weight excluding hydrogens is 432 g/mol. The van der Waals surface area contributed by atoms with Gasteiger partial charge >= 0.3 is 5.97 Å². The van der Waals surface area contributed by atoms with Crippen LogP contribution in [0.1, 0.15) is 61.3 Å².